The molecule has 0 aromatic heterocycles. The standard InChI is InChI=1S/C6H7NO2S2/c1-4-3-10-11-6(4)5(2)7(8)9/h3H,1-2H3/b6-5-. The molecule has 0 aliphatic carbocycles. The number of allylic oxidation sites excluding steroid dienone is 2. The molecule has 0 spiro atoms. The summed E-state index contributed by atoms with van der Waals surface area (Å²) in [7, 11) is 2.98. The normalized spacial score (nSPS) is 21.5. The van der Waals surface area contributed by atoms with Gasteiger partial charge in [-0.25, -0.2) is 0 Å². The highest BCUT2D eigenvalue weighted by Gasteiger charge is 2.18. The average molecular weight is 189 g/mol. The zero-order valence-corrected chi connectivity index (χ0v) is 7.79. The summed E-state index contributed by atoms with van der Waals surface area (Å²) in [5, 5.41) is 12.3. The molecule has 0 fully saturated rings. The van der Waals surface area contributed by atoms with Crippen molar-refractivity contribution in [1.82, 2.24) is 0 Å². The smallest absolute Gasteiger partial charge is 0.257 e. The van der Waals surface area contributed by atoms with Gasteiger partial charge in [0.25, 0.3) is 5.70 Å². The van der Waals surface area contributed by atoms with Crippen molar-refractivity contribution >= 4 is 21.6 Å². The Kier molecular flexibility index (Phi) is 2.62. The first-order valence-electron chi connectivity index (χ1n) is 2.98. The highest BCUT2D eigenvalue weighted by Crippen LogP contribution is 2.45. The lowest BCUT2D eigenvalue weighted by molar-refractivity contribution is -0.424. The maximum Gasteiger partial charge on any atom is 0.257 e. The molecule has 0 atom stereocenters. The monoisotopic (exact) mass is 189 g/mol. The summed E-state index contributed by atoms with van der Waals surface area (Å²) in [6.45, 7) is 3.42. The first-order chi connectivity index (χ1) is 5.13. The van der Waals surface area contributed by atoms with Crippen LogP contribution in [0.15, 0.2) is 21.6 Å². The molecule has 1 aliphatic rings. The molecule has 0 bridgehead atoms. The van der Waals surface area contributed by atoms with Gasteiger partial charge in [-0.2, -0.15) is 0 Å². The first kappa shape index (κ1) is 8.67. The van der Waals surface area contributed by atoms with Gasteiger partial charge in [-0.1, -0.05) is 10.8 Å². The molecule has 0 aromatic carbocycles. The van der Waals surface area contributed by atoms with E-state index in [1.807, 2.05) is 12.3 Å². The maximum atomic E-state index is 10.3. The van der Waals surface area contributed by atoms with Gasteiger partial charge in [0.15, 0.2) is 0 Å². The van der Waals surface area contributed by atoms with Gasteiger partial charge >= 0.3 is 0 Å². The zero-order chi connectivity index (χ0) is 8.43. The van der Waals surface area contributed by atoms with Crippen molar-refractivity contribution in [3.05, 3.63) is 31.7 Å². The van der Waals surface area contributed by atoms with Crippen LogP contribution in [0.4, 0.5) is 0 Å². The van der Waals surface area contributed by atoms with Gasteiger partial charge in [-0.15, -0.1) is 0 Å². The van der Waals surface area contributed by atoms with Crippen molar-refractivity contribution in [2.24, 2.45) is 0 Å². The van der Waals surface area contributed by atoms with E-state index in [0.717, 1.165) is 10.5 Å². The van der Waals surface area contributed by atoms with E-state index in [4.69, 9.17) is 0 Å². The number of rotatable bonds is 1. The molecule has 0 saturated carbocycles. The van der Waals surface area contributed by atoms with Gasteiger partial charge in [0.1, 0.15) is 0 Å². The van der Waals surface area contributed by atoms with E-state index in [-0.39, 0.29) is 10.6 Å². The van der Waals surface area contributed by atoms with Crippen molar-refractivity contribution < 1.29 is 4.92 Å². The maximum absolute atomic E-state index is 10.3. The molecular weight excluding hydrogens is 182 g/mol. The van der Waals surface area contributed by atoms with Crippen LogP contribution in [0.1, 0.15) is 13.8 Å². The van der Waals surface area contributed by atoms with Crippen LogP contribution in [-0.4, -0.2) is 4.92 Å². The van der Waals surface area contributed by atoms with Crippen LogP contribution in [0.25, 0.3) is 0 Å². The Labute approximate surface area is 72.5 Å². The zero-order valence-electron chi connectivity index (χ0n) is 6.16. The second-order valence-electron chi connectivity index (χ2n) is 2.15. The first-order valence-corrected chi connectivity index (χ1v) is 5.20. The summed E-state index contributed by atoms with van der Waals surface area (Å²) in [4.78, 5) is 10.8. The SMILES string of the molecule is CC1=CSS/C1=C(/C)[N+](=O)[O-]. The van der Waals surface area contributed by atoms with Crippen molar-refractivity contribution in [2.75, 3.05) is 0 Å². The molecule has 0 unspecified atom stereocenters. The van der Waals surface area contributed by atoms with E-state index in [9.17, 15) is 10.1 Å². The van der Waals surface area contributed by atoms with Crippen molar-refractivity contribution in [1.29, 1.82) is 0 Å². The Bertz CT molecular complexity index is 257. The fourth-order valence-electron chi connectivity index (χ4n) is 0.692. The molecule has 11 heavy (non-hydrogen) atoms. The lowest BCUT2D eigenvalue weighted by Crippen LogP contribution is -1.96. The summed E-state index contributed by atoms with van der Waals surface area (Å²) >= 11 is 0. The Hall–Kier alpha value is -0.420. The Morgan fingerprint density at radius 2 is 2.36 bits per heavy atom. The molecule has 1 rings (SSSR count). The Balaban J connectivity index is 2.97. The third kappa shape index (κ3) is 1.78. The summed E-state index contributed by atoms with van der Waals surface area (Å²) in [5.74, 6) is 0. The lowest BCUT2D eigenvalue weighted by atomic mass is 10.3. The van der Waals surface area contributed by atoms with Crippen LogP contribution in [0.2, 0.25) is 0 Å². The topological polar surface area (TPSA) is 43.1 Å². The fraction of sp³-hybridized carbons (Fsp3) is 0.333. The lowest BCUT2D eigenvalue weighted by Gasteiger charge is -1.96. The number of nitrogens with zero attached hydrogens (tertiary/aromatic N) is 1. The van der Waals surface area contributed by atoms with Crippen LogP contribution in [0, 0.1) is 10.1 Å². The van der Waals surface area contributed by atoms with E-state index >= 15 is 0 Å². The molecule has 3 nitrogen and oxygen atoms in total. The minimum atomic E-state index is -0.342. The molecule has 0 N–H and O–H groups in total. The predicted octanol–water partition coefficient (Wildman–Crippen LogP) is 2.79. The van der Waals surface area contributed by atoms with Crippen LogP contribution in [0.3, 0.4) is 0 Å². The van der Waals surface area contributed by atoms with Gasteiger partial charge in [0, 0.05) is 6.92 Å². The average Bonchev–Trinajstić information content (AvgIpc) is 2.33. The van der Waals surface area contributed by atoms with E-state index in [2.05, 4.69) is 0 Å². The highest BCUT2D eigenvalue weighted by molar-refractivity contribution is 8.79. The molecule has 5 heteroatoms. The highest BCUT2D eigenvalue weighted by atomic mass is 33.1. The minimum Gasteiger partial charge on any atom is -0.259 e. The van der Waals surface area contributed by atoms with Crippen LogP contribution in [-0.2, 0) is 0 Å². The van der Waals surface area contributed by atoms with E-state index in [1.165, 1.54) is 28.5 Å². The predicted molar refractivity (Wildman–Crippen MR) is 48.6 cm³/mol. The molecular formula is C6H7NO2S2. The van der Waals surface area contributed by atoms with E-state index in [0.29, 0.717) is 0 Å². The second kappa shape index (κ2) is 3.32. The molecule has 0 aromatic rings. The van der Waals surface area contributed by atoms with E-state index < -0.39 is 0 Å². The molecule has 1 aliphatic heterocycles. The Morgan fingerprint density at radius 1 is 1.73 bits per heavy atom. The summed E-state index contributed by atoms with van der Waals surface area (Å²) in [5.41, 5.74) is 1.24. The number of nitro groups is 1. The molecule has 60 valence electrons. The van der Waals surface area contributed by atoms with Crippen molar-refractivity contribution in [3.63, 3.8) is 0 Å². The van der Waals surface area contributed by atoms with Gasteiger partial charge < -0.3 is 0 Å². The van der Waals surface area contributed by atoms with Crippen molar-refractivity contribution in [3.8, 4) is 0 Å². The number of hydrogen-bond donors (Lipinski definition) is 0. The number of hydrogen-bond acceptors (Lipinski definition) is 4. The molecule has 0 saturated heterocycles. The summed E-state index contributed by atoms with van der Waals surface area (Å²) in [6, 6.07) is 0. The van der Waals surface area contributed by atoms with Crippen LogP contribution < -0.4 is 0 Å². The molecule has 0 radical (unpaired) electrons. The van der Waals surface area contributed by atoms with Crippen LogP contribution in [0.5, 0.6) is 0 Å². The summed E-state index contributed by atoms with van der Waals surface area (Å²) in [6.07, 6.45) is 0. The largest absolute Gasteiger partial charge is 0.259 e. The molecule has 0 amide bonds. The molecule has 1 heterocycles. The minimum absolute atomic E-state index is 0.244. The van der Waals surface area contributed by atoms with Gasteiger partial charge in [-0.05, 0) is 28.7 Å². The quantitative estimate of drug-likeness (QED) is 0.361. The van der Waals surface area contributed by atoms with Gasteiger partial charge in [0.05, 0.1) is 9.83 Å². The fourth-order valence-corrected chi connectivity index (χ4v) is 3.18. The van der Waals surface area contributed by atoms with Gasteiger partial charge in [-0.3, -0.25) is 10.1 Å². The Morgan fingerprint density at radius 3 is 2.73 bits per heavy atom. The van der Waals surface area contributed by atoms with E-state index in [1.54, 1.807) is 0 Å². The van der Waals surface area contributed by atoms with Crippen molar-refractivity contribution in [2.45, 2.75) is 13.8 Å². The van der Waals surface area contributed by atoms with Crippen LogP contribution >= 0.6 is 21.6 Å². The third-order valence-electron chi connectivity index (χ3n) is 1.32. The van der Waals surface area contributed by atoms with Gasteiger partial charge in [0.2, 0.25) is 0 Å². The second-order valence-corrected chi connectivity index (χ2v) is 4.23. The summed E-state index contributed by atoms with van der Waals surface area (Å²) < 4.78 is 0. The third-order valence-corrected chi connectivity index (χ3v) is 3.72.